The first kappa shape index (κ1) is 21.5. The second-order valence-electron chi connectivity index (χ2n) is 8.11. The number of amides is 1. The number of rotatable bonds is 8. The minimum absolute atomic E-state index is 0.184. The molecule has 0 fully saturated rings. The van der Waals surface area contributed by atoms with Crippen molar-refractivity contribution in [2.45, 2.75) is 40.0 Å². The predicted molar refractivity (Wildman–Crippen MR) is 124 cm³/mol. The molecule has 3 N–H and O–H groups in total. The minimum atomic E-state index is -0.184. The predicted octanol–water partition coefficient (Wildman–Crippen LogP) is 3.18. The summed E-state index contributed by atoms with van der Waals surface area (Å²) in [5, 5.41) is 7.28. The van der Waals surface area contributed by atoms with Crippen molar-refractivity contribution in [1.82, 2.24) is 24.6 Å². The minimum Gasteiger partial charge on any atom is -0.347 e. The van der Waals surface area contributed by atoms with Crippen molar-refractivity contribution in [3.8, 4) is 0 Å². The third-order valence-electron chi connectivity index (χ3n) is 5.44. The number of aryl methyl sites for hydroxylation is 2. The van der Waals surface area contributed by atoms with Crippen LogP contribution in [-0.4, -0.2) is 25.2 Å². The number of nitrogens with two attached hydrogens (primary N) is 1. The van der Waals surface area contributed by atoms with Crippen molar-refractivity contribution in [1.29, 1.82) is 0 Å². The first-order valence-electron chi connectivity index (χ1n) is 10.7. The van der Waals surface area contributed by atoms with E-state index in [-0.39, 0.29) is 5.91 Å². The largest absolute Gasteiger partial charge is 0.347 e. The Balaban J connectivity index is 1.32. The van der Waals surface area contributed by atoms with Crippen LogP contribution in [0, 0.1) is 13.8 Å². The van der Waals surface area contributed by atoms with Gasteiger partial charge >= 0.3 is 0 Å². The maximum Gasteiger partial charge on any atom is 0.271 e. The molecule has 2 heterocycles. The summed E-state index contributed by atoms with van der Waals surface area (Å²) in [7, 11) is 0. The monoisotopic (exact) mass is 428 g/mol. The van der Waals surface area contributed by atoms with E-state index in [1.54, 1.807) is 12.5 Å². The van der Waals surface area contributed by atoms with E-state index in [0.717, 1.165) is 34.4 Å². The van der Waals surface area contributed by atoms with Gasteiger partial charge in [0.15, 0.2) is 0 Å². The molecule has 2 aromatic carbocycles. The van der Waals surface area contributed by atoms with E-state index in [0.29, 0.717) is 25.3 Å². The van der Waals surface area contributed by atoms with Gasteiger partial charge in [-0.2, -0.15) is 5.10 Å². The Bertz CT molecular complexity index is 1210. The van der Waals surface area contributed by atoms with E-state index in [4.69, 9.17) is 5.73 Å². The molecule has 0 atom stereocenters. The highest BCUT2D eigenvalue weighted by atomic mass is 16.1. The molecular formula is C25H28N6O. The van der Waals surface area contributed by atoms with Gasteiger partial charge in [0.1, 0.15) is 5.69 Å². The second kappa shape index (κ2) is 9.62. The quantitative estimate of drug-likeness (QED) is 0.451. The summed E-state index contributed by atoms with van der Waals surface area (Å²) in [5.41, 5.74) is 12.8. The highest BCUT2D eigenvalue weighted by molar-refractivity contribution is 5.92. The number of hydrogen-bond acceptors (Lipinski definition) is 4. The van der Waals surface area contributed by atoms with E-state index in [1.165, 1.54) is 5.56 Å². The van der Waals surface area contributed by atoms with Crippen LogP contribution in [0.5, 0.6) is 0 Å². The molecule has 0 unspecified atom stereocenters. The van der Waals surface area contributed by atoms with Crippen molar-refractivity contribution >= 4 is 5.91 Å². The molecule has 164 valence electrons. The number of carbonyl (C=O) groups is 1. The molecule has 0 bridgehead atoms. The van der Waals surface area contributed by atoms with Gasteiger partial charge in [0.05, 0.1) is 19.1 Å². The van der Waals surface area contributed by atoms with Gasteiger partial charge in [-0.25, -0.2) is 4.98 Å². The Morgan fingerprint density at radius 3 is 2.38 bits per heavy atom. The summed E-state index contributed by atoms with van der Waals surface area (Å²) in [5.74, 6) is -0.184. The average Bonchev–Trinajstić information content (AvgIpc) is 3.43. The van der Waals surface area contributed by atoms with Crippen LogP contribution in [0.3, 0.4) is 0 Å². The lowest BCUT2D eigenvalue weighted by Gasteiger charge is -2.08. The van der Waals surface area contributed by atoms with Crippen LogP contribution in [0.25, 0.3) is 0 Å². The third-order valence-corrected chi connectivity index (χ3v) is 5.44. The number of nitrogens with zero attached hydrogens (tertiary/aromatic N) is 4. The van der Waals surface area contributed by atoms with Gasteiger partial charge in [-0.3, -0.25) is 9.48 Å². The highest BCUT2D eigenvalue weighted by Gasteiger charge is 2.10. The molecule has 4 rings (SSSR count). The van der Waals surface area contributed by atoms with Crippen molar-refractivity contribution in [2.24, 2.45) is 5.73 Å². The first-order chi connectivity index (χ1) is 15.5. The van der Waals surface area contributed by atoms with Gasteiger partial charge < -0.3 is 15.6 Å². The maximum atomic E-state index is 12.5. The first-order valence-corrected chi connectivity index (χ1v) is 10.7. The van der Waals surface area contributed by atoms with Gasteiger partial charge in [0.25, 0.3) is 5.91 Å². The number of carbonyl (C=O) groups excluding carboxylic acids is 1. The molecule has 7 nitrogen and oxygen atoms in total. The normalized spacial score (nSPS) is 11.0. The zero-order valence-corrected chi connectivity index (χ0v) is 18.5. The number of hydrogen-bond donors (Lipinski definition) is 2. The fourth-order valence-electron chi connectivity index (χ4n) is 3.61. The van der Waals surface area contributed by atoms with Crippen LogP contribution < -0.4 is 11.1 Å². The van der Waals surface area contributed by atoms with E-state index in [9.17, 15) is 4.79 Å². The molecule has 0 aliphatic rings. The Morgan fingerprint density at radius 2 is 1.72 bits per heavy atom. The lowest BCUT2D eigenvalue weighted by molar-refractivity contribution is 0.0946. The molecule has 0 saturated carbocycles. The van der Waals surface area contributed by atoms with Crippen LogP contribution >= 0.6 is 0 Å². The molecule has 0 radical (unpaired) electrons. The molecular weight excluding hydrogens is 400 g/mol. The Labute approximate surface area is 187 Å². The number of benzene rings is 2. The van der Waals surface area contributed by atoms with Crippen LogP contribution in [0.1, 0.15) is 43.9 Å². The van der Waals surface area contributed by atoms with Crippen molar-refractivity contribution < 1.29 is 4.79 Å². The smallest absolute Gasteiger partial charge is 0.271 e. The van der Waals surface area contributed by atoms with Crippen LogP contribution in [0.15, 0.2) is 67.4 Å². The zero-order valence-electron chi connectivity index (χ0n) is 18.5. The Morgan fingerprint density at radius 1 is 1.00 bits per heavy atom. The van der Waals surface area contributed by atoms with E-state index >= 15 is 0 Å². The molecule has 1 amide bonds. The SMILES string of the molecule is Cc1cnn(Cc2ccc(Cn3cnc(C(=O)NCc4ccc(CN)cc4C)c3)cc2)c1. The van der Waals surface area contributed by atoms with Gasteiger partial charge in [-0.15, -0.1) is 0 Å². The van der Waals surface area contributed by atoms with E-state index < -0.39 is 0 Å². The maximum absolute atomic E-state index is 12.5. The second-order valence-corrected chi connectivity index (χ2v) is 8.11. The summed E-state index contributed by atoms with van der Waals surface area (Å²) < 4.78 is 3.85. The Hall–Kier alpha value is -3.71. The highest BCUT2D eigenvalue weighted by Crippen LogP contribution is 2.12. The average molecular weight is 429 g/mol. The Kier molecular flexibility index (Phi) is 6.47. The van der Waals surface area contributed by atoms with Gasteiger partial charge in [0, 0.05) is 32.0 Å². The molecule has 0 aliphatic heterocycles. The van der Waals surface area contributed by atoms with Crippen LogP contribution in [-0.2, 0) is 26.2 Å². The van der Waals surface area contributed by atoms with E-state index in [1.807, 2.05) is 47.6 Å². The molecule has 0 saturated heterocycles. The van der Waals surface area contributed by atoms with Crippen molar-refractivity contribution in [3.05, 3.63) is 106 Å². The molecule has 2 aromatic heterocycles. The molecule has 0 aliphatic carbocycles. The summed E-state index contributed by atoms with van der Waals surface area (Å²) in [6.45, 7) is 6.43. The fourth-order valence-corrected chi connectivity index (χ4v) is 3.61. The third kappa shape index (κ3) is 5.31. The lowest BCUT2D eigenvalue weighted by atomic mass is 10.1. The number of imidazole rings is 1. The van der Waals surface area contributed by atoms with Gasteiger partial charge in [0.2, 0.25) is 0 Å². The standard InChI is InChI=1S/C25H28N6O/c1-18-11-29-31(13-18)15-21-5-3-20(4-6-21)14-30-16-24(28-17-30)25(32)27-12-23-8-7-22(10-26)9-19(23)2/h3-9,11,13,16-17H,10,12,14-15,26H2,1-2H3,(H,27,32). The molecule has 32 heavy (non-hydrogen) atoms. The lowest BCUT2D eigenvalue weighted by Crippen LogP contribution is -2.23. The molecule has 0 spiro atoms. The molecule has 4 aromatic rings. The summed E-state index contributed by atoms with van der Waals surface area (Å²) in [4.78, 5) is 16.8. The molecule has 7 heteroatoms. The summed E-state index contributed by atoms with van der Waals surface area (Å²) >= 11 is 0. The zero-order chi connectivity index (χ0) is 22.5. The van der Waals surface area contributed by atoms with Crippen molar-refractivity contribution in [3.63, 3.8) is 0 Å². The van der Waals surface area contributed by atoms with Gasteiger partial charge in [-0.05, 0) is 47.2 Å². The van der Waals surface area contributed by atoms with Gasteiger partial charge in [-0.1, -0.05) is 42.5 Å². The number of aromatic nitrogens is 4. The number of nitrogens with one attached hydrogen (secondary N) is 1. The fraction of sp³-hybridized carbons (Fsp3) is 0.240. The van der Waals surface area contributed by atoms with E-state index in [2.05, 4.69) is 45.7 Å². The summed E-state index contributed by atoms with van der Waals surface area (Å²) in [6.07, 6.45) is 7.36. The van der Waals surface area contributed by atoms with Crippen molar-refractivity contribution in [2.75, 3.05) is 0 Å². The van der Waals surface area contributed by atoms with Crippen LogP contribution in [0.2, 0.25) is 0 Å². The van der Waals surface area contributed by atoms with Crippen LogP contribution in [0.4, 0.5) is 0 Å². The topological polar surface area (TPSA) is 90.8 Å². The summed E-state index contributed by atoms with van der Waals surface area (Å²) in [6, 6.07) is 14.5.